The summed E-state index contributed by atoms with van der Waals surface area (Å²) in [5.41, 5.74) is 6.68. The molecule has 0 nitrogen and oxygen atoms in total. The average molecular weight is 284 g/mol. The van der Waals surface area contributed by atoms with Gasteiger partial charge in [-0.05, 0) is 0 Å². The molecule has 0 fully saturated rings. The second-order valence-electron chi connectivity index (χ2n) is 4.63. The minimum absolute atomic E-state index is 0.179. The molecule has 0 aliphatic rings. The molecule has 0 aromatic heterocycles. The first-order chi connectivity index (χ1) is 8.91. The maximum atomic E-state index is 3.37. The minimum atomic E-state index is -0.179. The van der Waals surface area contributed by atoms with E-state index in [-0.39, 0.29) is 8.27 Å². The topological polar surface area (TPSA) is 0 Å². The van der Waals surface area contributed by atoms with Crippen LogP contribution in [-0.4, -0.2) is 0 Å². The zero-order chi connectivity index (χ0) is 13.3. The first-order valence-electron chi connectivity index (χ1n) is 7.58. The SMILES string of the molecule is CCCCCCC#CP[PH3]C#CCCCCCC. The quantitative estimate of drug-likeness (QED) is 0.294. The number of unbranched alkanes of at least 4 members (excludes halogenated alkanes) is 8. The van der Waals surface area contributed by atoms with Gasteiger partial charge < -0.3 is 0 Å². The van der Waals surface area contributed by atoms with Crippen molar-refractivity contribution >= 4 is 16.5 Å². The summed E-state index contributed by atoms with van der Waals surface area (Å²) >= 11 is 0. The molecule has 0 aromatic carbocycles. The van der Waals surface area contributed by atoms with Crippen molar-refractivity contribution in [3.63, 3.8) is 0 Å². The Hall–Kier alpha value is -0.0200. The van der Waals surface area contributed by atoms with E-state index in [1.54, 1.807) is 0 Å². The van der Waals surface area contributed by atoms with E-state index in [0.717, 1.165) is 21.1 Å². The number of hydrogen-bond donors (Lipinski definition) is 0. The van der Waals surface area contributed by atoms with Gasteiger partial charge in [0.25, 0.3) is 0 Å². The fourth-order valence-electron chi connectivity index (χ4n) is 1.64. The van der Waals surface area contributed by atoms with Crippen LogP contribution in [0.15, 0.2) is 0 Å². The molecule has 0 spiro atoms. The van der Waals surface area contributed by atoms with Gasteiger partial charge in [-0.3, -0.25) is 0 Å². The number of hydrogen-bond acceptors (Lipinski definition) is 0. The summed E-state index contributed by atoms with van der Waals surface area (Å²) in [6.45, 7) is 4.50. The predicted molar refractivity (Wildman–Crippen MR) is 92.5 cm³/mol. The van der Waals surface area contributed by atoms with Gasteiger partial charge in [0.1, 0.15) is 0 Å². The molecule has 18 heavy (non-hydrogen) atoms. The van der Waals surface area contributed by atoms with E-state index in [1.165, 1.54) is 51.4 Å². The second-order valence-corrected chi connectivity index (χ2v) is 8.06. The molecule has 0 aliphatic heterocycles. The Morgan fingerprint density at radius 2 is 1.39 bits per heavy atom. The van der Waals surface area contributed by atoms with Gasteiger partial charge in [-0.25, -0.2) is 0 Å². The molecule has 0 aliphatic carbocycles. The third-order valence-corrected chi connectivity index (χ3v) is 5.34. The Morgan fingerprint density at radius 3 is 2.00 bits per heavy atom. The first-order valence-corrected chi connectivity index (χ1v) is 11.6. The Balaban J connectivity index is 3.23. The van der Waals surface area contributed by atoms with Crippen molar-refractivity contribution in [1.82, 2.24) is 0 Å². The first kappa shape index (κ1) is 18.0. The van der Waals surface area contributed by atoms with Gasteiger partial charge in [0, 0.05) is 0 Å². The van der Waals surface area contributed by atoms with Crippen molar-refractivity contribution in [2.45, 2.75) is 78.1 Å². The van der Waals surface area contributed by atoms with Gasteiger partial charge in [-0.2, -0.15) is 0 Å². The van der Waals surface area contributed by atoms with Crippen molar-refractivity contribution in [3.8, 4) is 23.2 Å². The van der Waals surface area contributed by atoms with Crippen molar-refractivity contribution in [2.75, 3.05) is 0 Å². The van der Waals surface area contributed by atoms with E-state index in [2.05, 4.69) is 37.0 Å². The van der Waals surface area contributed by atoms with E-state index in [0.29, 0.717) is 0 Å². The van der Waals surface area contributed by atoms with Crippen LogP contribution in [0, 0.1) is 23.2 Å². The number of rotatable bonds is 9. The summed E-state index contributed by atoms with van der Waals surface area (Å²) in [4.78, 5) is 0. The van der Waals surface area contributed by atoms with Crippen LogP contribution < -0.4 is 0 Å². The van der Waals surface area contributed by atoms with Crippen LogP contribution in [-0.2, 0) is 0 Å². The molecule has 104 valence electrons. The summed E-state index contributed by atoms with van der Waals surface area (Å²) in [5.74, 6) is 6.61. The molecule has 0 radical (unpaired) electrons. The molecule has 1 atom stereocenters. The molecule has 0 rings (SSSR count). The molecule has 0 N–H and O–H groups in total. The van der Waals surface area contributed by atoms with Crippen molar-refractivity contribution < 1.29 is 0 Å². The molecule has 0 amide bonds. The molecule has 0 aromatic rings. The summed E-state index contributed by atoms with van der Waals surface area (Å²) in [6.07, 6.45) is 12.9. The van der Waals surface area contributed by atoms with E-state index in [1.807, 2.05) is 0 Å². The molecule has 2 heteroatoms. The Bertz CT molecular complexity index is 245. The van der Waals surface area contributed by atoms with Gasteiger partial charge in [0.05, 0.1) is 0 Å². The normalized spacial score (nSPS) is 10.1. The average Bonchev–Trinajstić information content (AvgIpc) is 2.39. The van der Waals surface area contributed by atoms with Crippen LogP contribution in [0.3, 0.4) is 0 Å². The third-order valence-electron chi connectivity index (χ3n) is 2.79. The van der Waals surface area contributed by atoms with Crippen LogP contribution in [0.1, 0.15) is 78.1 Å². The van der Waals surface area contributed by atoms with Crippen LogP contribution in [0.25, 0.3) is 0 Å². The van der Waals surface area contributed by atoms with E-state index < -0.39 is 0 Å². The van der Waals surface area contributed by atoms with E-state index in [9.17, 15) is 0 Å². The van der Waals surface area contributed by atoms with Gasteiger partial charge in [0.15, 0.2) is 0 Å². The van der Waals surface area contributed by atoms with Gasteiger partial charge >= 0.3 is 118 Å². The van der Waals surface area contributed by atoms with Crippen molar-refractivity contribution in [1.29, 1.82) is 0 Å². The molecular weight excluding hydrogens is 254 g/mol. The van der Waals surface area contributed by atoms with Crippen molar-refractivity contribution in [2.24, 2.45) is 0 Å². The van der Waals surface area contributed by atoms with Crippen LogP contribution in [0.2, 0.25) is 0 Å². The molecular formula is C16H30P2. The second kappa shape index (κ2) is 17.0. The monoisotopic (exact) mass is 284 g/mol. The van der Waals surface area contributed by atoms with Gasteiger partial charge in [0.2, 0.25) is 0 Å². The van der Waals surface area contributed by atoms with E-state index in [4.69, 9.17) is 0 Å². The summed E-state index contributed by atoms with van der Waals surface area (Å²) in [6, 6.07) is 0. The standard InChI is InChI=1S/C16H30P2/c1-3-5-7-9-11-13-15-17-18-16-14-12-10-8-6-4-2/h17H,3-12H2,1-2,18H3. The van der Waals surface area contributed by atoms with Crippen LogP contribution in [0.5, 0.6) is 0 Å². The summed E-state index contributed by atoms with van der Waals surface area (Å²) < 4.78 is 0. The summed E-state index contributed by atoms with van der Waals surface area (Å²) in [5, 5.41) is 0. The zero-order valence-electron chi connectivity index (χ0n) is 12.3. The molecule has 0 saturated carbocycles. The third kappa shape index (κ3) is 16.0. The predicted octanol–water partition coefficient (Wildman–Crippen LogP) is 5.59. The Labute approximate surface area is 118 Å². The van der Waals surface area contributed by atoms with Crippen LogP contribution in [0.4, 0.5) is 0 Å². The maximum absolute atomic E-state index is 3.37. The molecule has 1 unspecified atom stereocenters. The van der Waals surface area contributed by atoms with Gasteiger partial charge in [-0.15, -0.1) is 0 Å². The summed E-state index contributed by atoms with van der Waals surface area (Å²) in [7, 11) is 0.682. The Kier molecular flexibility index (Phi) is 17.0. The fraction of sp³-hybridized carbons (Fsp3) is 0.750. The Morgan fingerprint density at radius 1 is 0.778 bits per heavy atom. The van der Waals surface area contributed by atoms with Crippen LogP contribution >= 0.6 is 16.5 Å². The molecule has 0 heterocycles. The van der Waals surface area contributed by atoms with Crippen molar-refractivity contribution in [3.05, 3.63) is 0 Å². The molecule has 0 saturated heterocycles. The molecule has 0 bridgehead atoms. The van der Waals surface area contributed by atoms with Gasteiger partial charge in [-0.1, -0.05) is 0 Å². The van der Waals surface area contributed by atoms with E-state index >= 15 is 0 Å². The fourth-order valence-corrected chi connectivity index (χ4v) is 3.65. The zero-order valence-corrected chi connectivity index (χ0v) is 14.7.